The van der Waals surface area contributed by atoms with Crippen molar-refractivity contribution in [1.29, 1.82) is 0 Å². The Morgan fingerprint density at radius 2 is 0.500 bits per heavy atom. The van der Waals surface area contributed by atoms with Gasteiger partial charge < -0.3 is 58.0 Å². The number of aliphatic hydroxyl groups is 4. The number of aliphatic hydroxyl groups excluding tert-OH is 4. The van der Waals surface area contributed by atoms with Crippen molar-refractivity contribution in [2.75, 3.05) is 0 Å². The third-order valence-electron chi connectivity index (χ3n) is 26.6. The van der Waals surface area contributed by atoms with Crippen molar-refractivity contribution in [3.05, 3.63) is 419 Å². The summed E-state index contributed by atoms with van der Waals surface area (Å²) in [5, 5.41) is 50.9. The Bertz CT molecular complexity index is 8450. The minimum atomic E-state index is -0.236. The summed E-state index contributed by atoms with van der Waals surface area (Å²) in [7, 11) is 0. The number of allylic oxidation sites excluding steroid dienone is 12. The average molecular weight is 2610 g/mol. The largest absolute Gasteiger partial charge is 0.512 e. The van der Waals surface area contributed by atoms with Crippen LogP contribution in [-0.2, 0) is 121 Å². The van der Waals surface area contributed by atoms with E-state index in [1.54, 1.807) is 0 Å². The molecule has 22 heteroatoms. The number of para-hydroxylation sites is 6. The number of pyridine rings is 6. The maximum absolute atomic E-state index is 10.0. The van der Waals surface area contributed by atoms with Gasteiger partial charge in [0.15, 0.2) is 23.1 Å². The number of rotatable bonds is 8. The van der Waals surface area contributed by atoms with Gasteiger partial charge in [-0.1, -0.05) is 271 Å². The molecule has 0 spiro atoms. The Morgan fingerprint density at radius 1 is 0.250 bits per heavy atom. The van der Waals surface area contributed by atoms with Gasteiger partial charge >= 0.3 is 0 Å². The van der Waals surface area contributed by atoms with Gasteiger partial charge in [-0.2, -0.15) is 0 Å². The minimum Gasteiger partial charge on any atom is -0.512 e. The number of carbonyl (C=O) groups excluding carboxylic acids is 4. The van der Waals surface area contributed by atoms with Crippen molar-refractivity contribution in [3.63, 3.8) is 0 Å². The van der Waals surface area contributed by atoms with Crippen LogP contribution >= 0.6 is 0 Å². The topological polar surface area (TPSA) is 244 Å². The van der Waals surface area contributed by atoms with E-state index in [-0.39, 0.29) is 148 Å². The molecule has 4 radical (unpaired) electrons. The number of hydrogen-bond acceptors (Lipinski definition) is 14. The van der Waals surface area contributed by atoms with Gasteiger partial charge in [0.1, 0.15) is 0 Å². The number of ketones is 4. The van der Waals surface area contributed by atoms with E-state index in [2.05, 4.69) is 331 Å². The SMILES string of the molecule is CC(=O)C=C(C)O.CC(=O)C=C(C)O.CC(=O)C=C(C)O.CC(=O)C=C(C)O.CC1(C)C(c2ccccn2)=[C-]c2c1n1c3ccccc3c3cccc2c31.CC1(C)C(c2ccccn2)=[C-]c2c1n1c3ccccc3c3nccc2c31.CC1(C)C(c2nccc3ccccc23)=[C-]c2c1n1c3ccccc3c3cccc2c31.CC1(C)C(c2nccc3ccccc23)=[C-]c2c1n1c3ccccc3c3nccc2c31.[Ir].[Ir].[Ir].[Ir]. The monoisotopic (exact) mass is 2610 g/mol. The van der Waals surface area contributed by atoms with Crippen LogP contribution in [0.3, 0.4) is 0 Å². The van der Waals surface area contributed by atoms with Gasteiger partial charge in [-0.3, -0.25) is 29.1 Å². The fourth-order valence-corrected chi connectivity index (χ4v) is 21.3. The summed E-state index contributed by atoms with van der Waals surface area (Å²) in [6, 6.07) is 85.3. The van der Waals surface area contributed by atoms with E-state index >= 15 is 0 Å². The summed E-state index contributed by atoms with van der Waals surface area (Å²) in [6.45, 7) is 29.7. The molecule has 0 saturated heterocycles. The summed E-state index contributed by atoms with van der Waals surface area (Å²) in [5.41, 5.74) is 30.1. The molecule has 4 aliphatic carbocycles. The van der Waals surface area contributed by atoms with Crippen LogP contribution in [0.2, 0.25) is 0 Å². The molecule has 0 aliphatic heterocycles. The Hall–Kier alpha value is -14.3. The molecule has 0 amide bonds. The predicted octanol–water partition coefficient (Wildman–Crippen LogP) is 27.7. The van der Waals surface area contributed by atoms with Crippen LogP contribution in [0, 0.1) is 24.3 Å². The standard InChI is InChI=1S/C28H19N2.C27H18N3.C24H17N2.C23H16N3.4C5H8O2.4Ir/c1-28(2)23(25-18-9-4-3-8-17(18)14-15-29-25)16-22-21-12-7-11-20-19-10-5-6-13-24(19)30(26(20)21)27(22)28;1-27(2)21(23-17-8-4-3-7-16(17)11-13-28-23)15-20-18-12-14-29-24-19-9-5-6-10-22(19)30(25(18)24)26(20)27;1-24(2)19(20-11-5-6-13-25-20)14-18-17-10-7-9-16-15-8-3-4-12-21(15)26(22(16)17)23(18)24;1-23(2)17(18-8-5-6-11-24-18)13-16-14-10-12-25-20-15-7-3-4-9-19(15)26(21(14)20)22(16)23;4*1-4(6)3-5(2)7;;;;/h3-15H,1-2H3;3-14H,1-2H3;3-13H,1-2H3;3-12H,1-2H3;4*3,6H,1-2H3;;;;/q4*-1;;;;;;;;. The molecule has 4 aliphatic rings. The van der Waals surface area contributed by atoms with E-state index in [0.717, 1.165) is 45.0 Å². The van der Waals surface area contributed by atoms with Crippen LogP contribution in [0.25, 0.3) is 153 Å². The van der Waals surface area contributed by atoms with Gasteiger partial charge in [0, 0.05) is 219 Å². The predicted molar refractivity (Wildman–Crippen MR) is 565 cm³/mol. The van der Waals surface area contributed by atoms with Crippen LogP contribution < -0.4 is 0 Å². The number of fused-ring (bicyclic) bond motifs is 26. The molecule has 26 rings (SSSR count). The molecule has 728 valence electrons. The third-order valence-corrected chi connectivity index (χ3v) is 26.6. The molecule has 14 aromatic heterocycles. The molecule has 22 aromatic rings. The van der Waals surface area contributed by atoms with Crippen molar-refractivity contribution in [1.82, 2.24) is 47.5 Å². The maximum atomic E-state index is 10.0. The molecule has 0 fully saturated rings. The van der Waals surface area contributed by atoms with Crippen molar-refractivity contribution < 1.29 is 120 Å². The smallest absolute Gasteiger partial charge is 0.155 e. The Morgan fingerprint density at radius 3 is 0.806 bits per heavy atom. The molecule has 14 heterocycles. The second kappa shape index (κ2) is 41.2. The van der Waals surface area contributed by atoms with Crippen LogP contribution in [0.5, 0.6) is 0 Å². The zero-order valence-electron chi connectivity index (χ0n) is 82.1. The van der Waals surface area contributed by atoms with Gasteiger partial charge in [0.05, 0.1) is 34.1 Å². The van der Waals surface area contributed by atoms with E-state index in [4.69, 9.17) is 35.4 Å². The van der Waals surface area contributed by atoms with Gasteiger partial charge in [-0.05, 0) is 192 Å². The summed E-state index contributed by atoms with van der Waals surface area (Å²) in [4.78, 5) is 68.3. The molecule has 4 N–H and O–H groups in total. The summed E-state index contributed by atoms with van der Waals surface area (Å²) >= 11 is 0. The molecular formula is C122H102Ir4N10O8-4. The molecule has 144 heavy (non-hydrogen) atoms. The first-order chi connectivity index (χ1) is 67.2. The summed E-state index contributed by atoms with van der Waals surface area (Å²) < 4.78 is 9.73. The molecule has 0 saturated carbocycles. The van der Waals surface area contributed by atoms with Crippen LogP contribution in [-0.4, -0.2) is 91.1 Å². The quantitative estimate of drug-likeness (QED) is 0.0628. The molecular weight excluding hydrogens is 2500 g/mol. The summed E-state index contributed by atoms with van der Waals surface area (Å²) in [5.74, 6) is -0.250. The van der Waals surface area contributed by atoms with Gasteiger partial charge in [-0.25, -0.2) is 0 Å². The molecule has 0 atom stereocenters. The van der Waals surface area contributed by atoms with Crippen molar-refractivity contribution in [2.24, 2.45) is 0 Å². The second-order valence-electron chi connectivity index (χ2n) is 38.1. The van der Waals surface area contributed by atoms with Crippen molar-refractivity contribution in [2.45, 2.75) is 132 Å². The number of carbonyl (C=O) groups is 4. The Kier molecular flexibility index (Phi) is 29.8. The fraction of sp³-hybridized carbons (Fsp3) is 0.164. The number of benzene rings is 8. The van der Waals surface area contributed by atoms with Crippen LogP contribution in [0.1, 0.15) is 179 Å². The third kappa shape index (κ3) is 18.2. The van der Waals surface area contributed by atoms with Gasteiger partial charge in [0.25, 0.3) is 0 Å². The first-order valence-electron chi connectivity index (χ1n) is 46.6. The zero-order chi connectivity index (χ0) is 98.4. The first kappa shape index (κ1) is 104. The van der Waals surface area contributed by atoms with E-state index in [1.165, 1.54) is 255 Å². The van der Waals surface area contributed by atoms with Gasteiger partial charge in [-0.15, -0.1) is 68.9 Å². The molecule has 18 nitrogen and oxygen atoms in total. The molecule has 0 unspecified atom stereocenters. The number of hydrogen-bond donors (Lipinski definition) is 4. The van der Waals surface area contributed by atoms with E-state index in [9.17, 15) is 19.2 Å². The second-order valence-corrected chi connectivity index (χ2v) is 38.1. The van der Waals surface area contributed by atoms with E-state index in [0.29, 0.717) is 0 Å². The molecule has 0 bridgehead atoms. The maximum Gasteiger partial charge on any atom is 0.155 e. The first-order valence-corrected chi connectivity index (χ1v) is 46.6. The van der Waals surface area contributed by atoms with Crippen LogP contribution in [0.15, 0.2) is 327 Å². The normalized spacial score (nSPS) is 14.4. The Balaban J connectivity index is 0.000000132. The fourth-order valence-electron chi connectivity index (χ4n) is 21.3. The molecule has 8 aromatic carbocycles. The number of nitrogens with zero attached hydrogens (tertiary/aromatic N) is 10. The zero-order valence-corrected chi connectivity index (χ0v) is 91.7. The Labute approximate surface area is 887 Å². The minimum absolute atomic E-state index is 0. The van der Waals surface area contributed by atoms with E-state index < -0.39 is 0 Å². The van der Waals surface area contributed by atoms with E-state index in [1.807, 2.05) is 61.4 Å². The van der Waals surface area contributed by atoms with Crippen LogP contribution in [0.4, 0.5) is 0 Å². The van der Waals surface area contributed by atoms with Crippen molar-refractivity contribution >= 4 is 176 Å². The average Bonchev–Trinajstić information content (AvgIpc) is 1.52. The number of aromatic nitrogens is 10. The van der Waals surface area contributed by atoms with Gasteiger partial charge in [0.2, 0.25) is 0 Å². The summed E-state index contributed by atoms with van der Waals surface area (Å²) in [6.07, 6.45) is 31.1. The van der Waals surface area contributed by atoms with Crippen molar-refractivity contribution in [3.8, 4) is 0 Å².